The molecule has 0 saturated carbocycles. The lowest BCUT2D eigenvalue weighted by Gasteiger charge is -2.15. The van der Waals surface area contributed by atoms with Gasteiger partial charge in [-0.3, -0.25) is 0 Å². The van der Waals surface area contributed by atoms with Crippen molar-refractivity contribution in [1.82, 2.24) is 0 Å². The molecular formula is C45H25NO. The summed E-state index contributed by atoms with van der Waals surface area (Å²) in [5.74, 6) is 0. The number of benzene rings is 9. The summed E-state index contributed by atoms with van der Waals surface area (Å²) in [5, 5.41) is 21.6. The van der Waals surface area contributed by atoms with E-state index in [0.29, 0.717) is 5.56 Å². The molecular weight excluding hydrogens is 571 g/mol. The lowest BCUT2D eigenvalue weighted by atomic mass is 9.89. The molecule has 9 aromatic carbocycles. The van der Waals surface area contributed by atoms with E-state index in [9.17, 15) is 5.26 Å². The van der Waals surface area contributed by atoms with Crippen LogP contribution in [0.25, 0.3) is 98.4 Å². The van der Waals surface area contributed by atoms with E-state index in [1.807, 2.05) is 18.2 Å². The van der Waals surface area contributed by atoms with Gasteiger partial charge in [0.1, 0.15) is 11.2 Å². The van der Waals surface area contributed by atoms with E-state index in [1.54, 1.807) is 6.07 Å². The number of nitrogens with zero attached hydrogens (tertiary/aromatic N) is 1. The van der Waals surface area contributed by atoms with Crippen molar-refractivity contribution in [2.24, 2.45) is 0 Å². The molecule has 10 rings (SSSR count). The van der Waals surface area contributed by atoms with Gasteiger partial charge in [-0.15, -0.1) is 0 Å². The summed E-state index contributed by atoms with van der Waals surface area (Å²) < 4.78 is 6.07. The van der Waals surface area contributed by atoms with E-state index < -0.39 is 0 Å². The first-order valence-electron chi connectivity index (χ1n) is 15.9. The first kappa shape index (κ1) is 25.9. The van der Waals surface area contributed by atoms with Crippen molar-refractivity contribution in [2.45, 2.75) is 0 Å². The number of hydrogen-bond acceptors (Lipinski definition) is 2. The Morgan fingerprint density at radius 3 is 1.51 bits per heavy atom. The molecule has 0 fully saturated rings. The van der Waals surface area contributed by atoms with Gasteiger partial charge in [0.2, 0.25) is 0 Å². The van der Waals surface area contributed by atoms with Gasteiger partial charge in [-0.25, -0.2) is 0 Å². The van der Waals surface area contributed by atoms with Crippen molar-refractivity contribution < 1.29 is 4.42 Å². The molecule has 0 unspecified atom stereocenters. The molecule has 0 aliphatic rings. The highest BCUT2D eigenvalue weighted by Crippen LogP contribution is 2.41. The van der Waals surface area contributed by atoms with E-state index in [4.69, 9.17) is 4.42 Å². The number of nitriles is 1. The lowest BCUT2D eigenvalue weighted by Crippen LogP contribution is -1.88. The molecule has 0 spiro atoms. The van der Waals surface area contributed by atoms with E-state index in [0.717, 1.165) is 33.1 Å². The monoisotopic (exact) mass is 595 g/mol. The summed E-state index contributed by atoms with van der Waals surface area (Å²) in [6.45, 7) is 0. The lowest BCUT2D eigenvalue weighted by molar-refractivity contribution is 0.669. The van der Waals surface area contributed by atoms with Crippen LogP contribution in [0.3, 0.4) is 0 Å². The standard InChI is InChI=1S/C45H25NO/c46-26-27-8-16-42-40(18-27)41-25-33(15-17-43(41)47-42)30-6-3-7-31(20-30)38-21-34-11-13-36-23-39(24-37-14-12-35(22-38)44(34)45(36)37)32-10-9-28-4-1-2-5-29(28)19-32/h1-25H. The maximum absolute atomic E-state index is 9.43. The summed E-state index contributed by atoms with van der Waals surface area (Å²) in [7, 11) is 0. The molecule has 10 aromatic rings. The van der Waals surface area contributed by atoms with Crippen molar-refractivity contribution in [3.05, 3.63) is 157 Å². The van der Waals surface area contributed by atoms with Crippen molar-refractivity contribution in [2.75, 3.05) is 0 Å². The van der Waals surface area contributed by atoms with Crippen LogP contribution in [0, 0.1) is 11.3 Å². The number of hydrogen-bond donors (Lipinski definition) is 0. The third-order valence-electron chi connectivity index (χ3n) is 9.74. The molecule has 0 N–H and O–H groups in total. The Kier molecular flexibility index (Phi) is 5.38. The maximum Gasteiger partial charge on any atom is 0.135 e. The van der Waals surface area contributed by atoms with Gasteiger partial charge in [0.05, 0.1) is 11.6 Å². The predicted molar refractivity (Wildman–Crippen MR) is 196 cm³/mol. The first-order chi connectivity index (χ1) is 23.2. The third-order valence-corrected chi connectivity index (χ3v) is 9.74. The molecule has 1 aromatic heterocycles. The summed E-state index contributed by atoms with van der Waals surface area (Å²) in [6.07, 6.45) is 0. The van der Waals surface area contributed by atoms with Gasteiger partial charge in [-0.1, -0.05) is 84.9 Å². The fourth-order valence-electron chi connectivity index (χ4n) is 7.44. The van der Waals surface area contributed by atoms with Crippen LogP contribution >= 0.6 is 0 Å². The quantitative estimate of drug-likeness (QED) is 0.191. The average molecular weight is 596 g/mol. The first-order valence-corrected chi connectivity index (χ1v) is 15.9. The van der Waals surface area contributed by atoms with Gasteiger partial charge >= 0.3 is 0 Å². The zero-order valence-corrected chi connectivity index (χ0v) is 25.3. The molecule has 47 heavy (non-hydrogen) atoms. The Bertz CT molecular complexity index is 2850. The molecule has 2 nitrogen and oxygen atoms in total. The molecule has 1 heterocycles. The minimum atomic E-state index is 0.632. The molecule has 0 saturated heterocycles. The minimum absolute atomic E-state index is 0.632. The average Bonchev–Trinajstić information content (AvgIpc) is 3.50. The largest absolute Gasteiger partial charge is 0.456 e. The second-order valence-corrected chi connectivity index (χ2v) is 12.5. The van der Waals surface area contributed by atoms with Crippen molar-refractivity contribution in [3.63, 3.8) is 0 Å². The zero-order chi connectivity index (χ0) is 31.1. The highest BCUT2D eigenvalue weighted by atomic mass is 16.3. The highest BCUT2D eigenvalue weighted by molar-refractivity contribution is 6.24. The minimum Gasteiger partial charge on any atom is -0.456 e. The molecule has 0 aliphatic carbocycles. The molecule has 0 atom stereocenters. The number of fused-ring (bicyclic) bond motifs is 4. The van der Waals surface area contributed by atoms with Gasteiger partial charge in [0.15, 0.2) is 0 Å². The maximum atomic E-state index is 9.43. The Morgan fingerprint density at radius 2 is 0.851 bits per heavy atom. The molecule has 216 valence electrons. The fourth-order valence-corrected chi connectivity index (χ4v) is 7.44. The van der Waals surface area contributed by atoms with Gasteiger partial charge < -0.3 is 4.42 Å². The molecule has 0 aliphatic heterocycles. The number of furan rings is 1. The fraction of sp³-hybridized carbons (Fsp3) is 0. The Labute approximate surface area is 270 Å². The van der Waals surface area contributed by atoms with E-state index in [1.165, 1.54) is 65.3 Å². The number of rotatable bonds is 3. The van der Waals surface area contributed by atoms with Crippen LogP contribution in [0.5, 0.6) is 0 Å². The van der Waals surface area contributed by atoms with Crippen LogP contribution < -0.4 is 0 Å². The van der Waals surface area contributed by atoms with E-state index in [-0.39, 0.29) is 0 Å². The normalized spacial score (nSPS) is 11.8. The summed E-state index contributed by atoms with van der Waals surface area (Å²) in [5.41, 5.74) is 9.36. The van der Waals surface area contributed by atoms with Crippen LogP contribution in [0.15, 0.2) is 156 Å². The van der Waals surface area contributed by atoms with Crippen LogP contribution in [0.2, 0.25) is 0 Å². The smallest absolute Gasteiger partial charge is 0.135 e. The van der Waals surface area contributed by atoms with Gasteiger partial charge in [-0.05, 0) is 143 Å². The van der Waals surface area contributed by atoms with Crippen LogP contribution in [0.1, 0.15) is 5.56 Å². The Balaban J connectivity index is 1.07. The van der Waals surface area contributed by atoms with Gasteiger partial charge in [0, 0.05) is 10.8 Å². The topological polar surface area (TPSA) is 36.9 Å². The molecule has 0 amide bonds. The van der Waals surface area contributed by atoms with Crippen molar-refractivity contribution in [3.8, 4) is 39.4 Å². The van der Waals surface area contributed by atoms with E-state index >= 15 is 0 Å². The van der Waals surface area contributed by atoms with Crippen LogP contribution in [0.4, 0.5) is 0 Å². The molecule has 2 heteroatoms. The van der Waals surface area contributed by atoms with Crippen LogP contribution in [-0.2, 0) is 0 Å². The summed E-state index contributed by atoms with van der Waals surface area (Å²) in [6, 6.07) is 56.6. The van der Waals surface area contributed by atoms with Crippen molar-refractivity contribution >= 4 is 65.0 Å². The second kappa shape index (κ2) is 9.78. The van der Waals surface area contributed by atoms with Gasteiger partial charge in [0.25, 0.3) is 0 Å². The third kappa shape index (κ3) is 4.04. The Morgan fingerprint density at radius 1 is 0.362 bits per heavy atom. The molecule has 0 radical (unpaired) electrons. The predicted octanol–water partition coefficient (Wildman–Crippen LogP) is 12.5. The SMILES string of the molecule is N#Cc1ccc2oc3ccc(-c4cccc(-c5cc6ccc7cc(-c8ccc9ccccc9c8)cc8ccc(c5)c6c78)c4)cc3c2c1. The zero-order valence-electron chi connectivity index (χ0n) is 25.3. The second-order valence-electron chi connectivity index (χ2n) is 12.5. The van der Waals surface area contributed by atoms with Crippen molar-refractivity contribution in [1.29, 1.82) is 5.26 Å². The van der Waals surface area contributed by atoms with Gasteiger partial charge in [-0.2, -0.15) is 5.26 Å². The summed E-state index contributed by atoms with van der Waals surface area (Å²) in [4.78, 5) is 0. The van der Waals surface area contributed by atoms with E-state index in [2.05, 4.69) is 133 Å². The molecule has 0 bridgehead atoms. The van der Waals surface area contributed by atoms with Crippen LogP contribution in [-0.4, -0.2) is 0 Å². The summed E-state index contributed by atoms with van der Waals surface area (Å²) >= 11 is 0. The Hall–Kier alpha value is -6.43. The highest BCUT2D eigenvalue weighted by Gasteiger charge is 2.14.